The van der Waals surface area contributed by atoms with E-state index < -0.39 is 5.91 Å². The highest BCUT2D eigenvalue weighted by molar-refractivity contribution is 7.16. The number of hydrogen-bond donors (Lipinski definition) is 0. The first kappa shape index (κ1) is 19.5. The summed E-state index contributed by atoms with van der Waals surface area (Å²) < 4.78 is 26.9. The molecular weight excluding hydrogens is 391 g/mol. The second-order valence-electron chi connectivity index (χ2n) is 5.59. The lowest BCUT2D eigenvalue weighted by atomic mass is 10.3. The molecule has 0 fully saturated rings. The first-order valence-electron chi connectivity index (χ1n) is 8.39. The summed E-state index contributed by atoms with van der Waals surface area (Å²) in [6, 6.07) is 11.2. The van der Waals surface area contributed by atoms with Crippen LogP contribution in [-0.2, 0) is 16.1 Å². The number of thiazole rings is 1. The molecule has 0 bridgehead atoms. The van der Waals surface area contributed by atoms with Crippen LogP contribution in [0.15, 0.2) is 47.5 Å². The Morgan fingerprint density at radius 3 is 2.78 bits per heavy atom. The zero-order valence-corrected chi connectivity index (χ0v) is 16.2. The van der Waals surface area contributed by atoms with Crippen molar-refractivity contribution in [2.45, 2.75) is 13.5 Å². The van der Waals surface area contributed by atoms with Gasteiger partial charge in [-0.1, -0.05) is 22.9 Å². The molecule has 142 valence electrons. The largest absolute Gasteiger partial charge is 0.484 e. The summed E-state index contributed by atoms with van der Waals surface area (Å²) in [5.41, 5.74) is 0.811. The highest BCUT2D eigenvalue weighted by Gasteiger charge is 2.09. The molecule has 0 radical (unpaired) electrons. The lowest BCUT2D eigenvalue weighted by molar-refractivity contribution is -0.120. The maximum Gasteiger partial charge on any atom is 0.286 e. The number of nitrogens with zero attached hydrogens (tertiary/aromatic N) is 2. The highest BCUT2D eigenvalue weighted by atomic mass is 35.5. The number of aromatic nitrogens is 1. The van der Waals surface area contributed by atoms with E-state index in [9.17, 15) is 9.18 Å². The van der Waals surface area contributed by atoms with Crippen molar-refractivity contribution in [1.29, 1.82) is 0 Å². The van der Waals surface area contributed by atoms with E-state index in [4.69, 9.17) is 21.1 Å². The molecule has 0 aliphatic heterocycles. The standard InChI is InChI=1S/C19H18ClFN2O3S/c1-2-25-10-9-23-16-8-5-14(21)11-17(16)27-19(23)22-18(24)12-26-15-6-3-13(20)4-7-15/h3-8,11H,2,9-10,12H2,1H3. The Hall–Kier alpha value is -2.22. The van der Waals surface area contributed by atoms with E-state index >= 15 is 0 Å². The molecule has 1 amide bonds. The quantitative estimate of drug-likeness (QED) is 0.554. The lowest BCUT2D eigenvalue weighted by Gasteiger charge is -2.06. The summed E-state index contributed by atoms with van der Waals surface area (Å²) in [7, 11) is 0. The molecule has 0 atom stereocenters. The average molecular weight is 409 g/mol. The molecule has 27 heavy (non-hydrogen) atoms. The molecule has 5 nitrogen and oxygen atoms in total. The van der Waals surface area contributed by atoms with Gasteiger partial charge in [0.25, 0.3) is 5.91 Å². The van der Waals surface area contributed by atoms with E-state index in [0.29, 0.717) is 35.3 Å². The highest BCUT2D eigenvalue weighted by Crippen LogP contribution is 2.19. The molecule has 0 aliphatic carbocycles. The molecule has 1 aromatic heterocycles. The van der Waals surface area contributed by atoms with Crippen molar-refractivity contribution in [3.63, 3.8) is 0 Å². The molecule has 0 aliphatic rings. The van der Waals surface area contributed by atoms with E-state index in [1.165, 1.54) is 23.5 Å². The molecule has 3 aromatic rings. The molecule has 3 rings (SSSR count). The Morgan fingerprint density at radius 1 is 1.26 bits per heavy atom. The topological polar surface area (TPSA) is 52.8 Å². The fourth-order valence-electron chi connectivity index (χ4n) is 2.46. The first-order valence-corrected chi connectivity index (χ1v) is 9.59. The number of carbonyl (C=O) groups is 1. The van der Waals surface area contributed by atoms with Gasteiger partial charge in [-0.3, -0.25) is 4.79 Å². The third-order valence-corrected chi connectivity index (χ3v) is 5.00. The molecule has 0 saturated heterocycles. The maximum atomic E-state index is 13.5. The van der Waals surface area contributed by atoms with Gasteiger partial charge in [-0.25, -0.2) is 4.39 Å². The van der Waals surface area contributed by atoms with Crippen LogP contribution in [0, 0.1) is 5.82 Å². The fraction of sp³-hybridized carbons (Fsp3) is 0.263. The number of ether oxygens (including phenoxy) is 2. The summed E-state index contributed by atoms with van der Waals surface area (Å²) in [4.78, 5) is 16.9. The Labute approximate surface area is 164 Å². The van der Waals surface area contributed by atoms with Crippen LogP contribution in [0.1, 0.15) is 6.92 Å². The molecule has 2 aromatic carbocycles. The van der Waals surface area contributed by atoms with Crippen molar-refractivity contribution >= 4 is 39.1 Å². The van der Waals surface area contributed by atoms with Crippen LogP contribution in [0.2, 0.25) is 5.02 Å². The fourth-order valence-corrected chi connectivity index (χ4v) is 3.69. The molecule has 8 heteroatoms. The Kier molecular flexibility index (Phi) is 6.60. The van der Waals surface area contributed by atoms with Gasteiger partial charge in [0.05, 0.1) is 16.8 Å². The zero-order valence-electron chi connectivity index (χ0n) is 14.7. The Bertz CT molecular complexity index is 998. The monoisotopic (exact) mass is 408 g/mol. The van der Waals surface area contributed by atoms with Crippen LogP contribution >= 0.6 is 22.9 Å². The third-order valence-electron chi connectivity index (χ3n) is 3.70. The summed E-state index contributed by atoms with van der Waals surface area (Å²) in [5.74, 6) is -0.225. The van der Waals surface area contributed by atoms with Crippen molar-refractivity contribution < 1.29 is 18.7 Å². The summed E-state index contributed by atoms with van der Waals surface area (Å²) in [6.45, 7) is 3.30. The predicted molar refractivity (Wildman–Crippen MR) is 104 cm³/mol. The summed E-state index contributed by atoms with van der Waals surface area (Å²) in [5, 5.41) is 0.589. The third kappa shape index (κ3) is 5.15. The minimum atomic E-state index is -0.429. The van der Waals surface area contributed by atoms with Crippen LogP contribution in [0.5, 0.6) is 5.75 Å². The number of amides is 1. The Balaban J connectivity index is 1.83. The van der Waals surface area contributed by atoms with E-state index in [1.807, 2.05) is 11.5 Å². The van der Waals surface area contributed by atoms with Gasteiger partial charge in [-0.15, -0.1) is 0 Å². The molecule has 0 unspecified atom stereocenters. The minimum absolute atomic E-state index is 0.199. The molecule has 0 spiro atoms. The molecule has 0 saturated carbocycles. The van der Waals surface area contributed by atoms with Crippen LogP contribution < -0.4 is 9.54 Å². The van der Waals surface area contributed by atoms with Crippen molar-refractivity contribution in [2.75, 3.05) is 19.8 Å². The van der Waals surface area contributed by atoms with Crippen LogP contribution in [-0.4, -0.2) is 30.3 Å². The van der Waals surface area contributed by atoms with Crippen LogP contribution in [0.4, 0.5) is 4.39 Å². The SMILES string of the molecule is CCOCCn1c(=NC(=O)COc2ccc(Cl)cc2)sc2cc(F)ccc21. The molecule has 1 heterocycles. The van der Waals surface area contributed by atoms with Crippen molar-refractivity contribution in [3.05, 3.63) is 58.1 Å². The number of hydrogen-bond acceptors (Lipinski definition) is 4. The normalized spacial score (nSPS) is 11.9. The van der Waals surface area contributed by atoms with E-state index in [2.05, 4.69) is 4.99 Å². The van der Waals surface area contributed by atoms with E-state index in [1.54, 1.807) is 30.3 Å². The van der Waals surface area contributed by atoms with Gasteiger partial charge in [-0.05, 0) is 49.4 Å². The predicted octanol–water partition coefficient (Wildman–Crippen LogP) is 4.04. The van der Waals surface area contributed by atoms with Gasteiger partial charge in [0.2, 0.25) is 0 Å². The van der Waals surface area contributed by atoms with Gasteiger partial charge < -0.3 is 14.0 Å². The average Bonchev–Trinajstić information content (AvgIpc) is 2.97. The Morgan fingerprint density at radius 2 is 2.04 bits per heavy atom. The second-order valence-corrected chi connectivity index (χ2v) is 7.04. The number of halogens is 2. The second kappa shape index (κ2) is 9.12. The number of rotatable bonds is 7. The van der Waals surface area contributed by atoms with Gasteiger partial charge >= 0.3 is 0 Å². The smallest absolute Gasteiger partial charge is 0.286 e. The molecular formula is C19H18ClFN2O3S. The number of carbonyl (C=O) groups excluding carboxylic acids is 1. The van der Waals surface area contributed by atoms with Crippen molar-refractivity contribution in [3.8, 4) is 5.75 Å². The number of benzene rings is 2. The maximum absolute atomic E-state index is 13.5. The van der Waals surface area contributed by atoms with E-state index in [0.717, 1.165) is 10.2 Å². The first-order chi connectivity index (χ1) is 13.1. The van der Waals surface area contributed by atoms with Crippen LogP contribution in [0.3, 0.4) is 0 Å². The van der Waals surface area contributed by atoms with Gasteiger partial charge in [0.15, 0.2) is 11.4 Å². The minimum Gasteiger partial charge on any atom is -0.484 e. The van der Waals surface area contributed by atoms with Crippen LogP contribution in [0.25, 0.3) is 10.2 Å². The van der Waals surface area contributed by atoms with Gasteiger partial charge in [0, 0.05) is 18.2 Å². The summed E-state index contributed by atoms with van der Waals surface area (Å²) in [6.07, 6.45) is 0. The zero-order chi connectivity index (χ0) is 19.2. The molecule has 0 N–H and O–H groups in total. The lowest BCUT2D eigenvalue weighted by Crippen LogP contribution is -2.21. The van der Waals surface area contributed by atoms with E-state index in [-0.39, 0.29) is 12.4 Å². The number of fused-ring (bicyclic) bond motifs is 1. The van der Waals surface area contributed by atoms with Gasteiger partial charge in [-0.2, -0.15) is 4.99 Å². The van der Waals surface area contributed by atoms with Gasteiger partial charge in [0.1, 0.15) is 11.6 Å². The summed E-state index contributed by atoms with van der Waals surface area (Å²) >= 11 is 7.08. The van der Waals surface area contributed by atoms with Crippen molar-refractivity contribution in [1.82, 2.24) is 4.57 Å². The van der Waals surface area contributed by atoms with Crippen molar-refractivity contribution in [2.24, 2.45) is 4.99 Å².